The van der Waals surface area contributed by atoms with Gasteiger partial charge in [0.05, 0.1) is 0 Å². The molecule has 0 aliphatic rings. The van der Waals surface area contributed by atoms with Crippen LogP contribution >= 0.6 is 12.2 Å². The Balaban J connectivity index is 2.60. The smallest absolute Gasteiger partial charge is 0.129 e. The van der Waals surface area contributed by atoms with E-state index in [-0.39, 0.29) is 0 Å². The third-order valence-corrected chi connectivity index (χ3v) is 1.95. The molecule has 0 aromatic carbocycles. The summed E-state index contributed by atoms with van der Waals surface area (Å²) in [7, 11) is 0. The van der Waals surface area contributed by atoms with Gasteiger partial charge in [-0.3, -0.25) is 9.97 Å². The molecule has 64 valence electrons. The van der Waals surface area contributed by atoms with Crippen molar-refractivity contribution in [2.45, 2.75) is 0 Å². The van der Waals surface area contributed by atoms with E-state index in [1.807, 2.05) is 12.1 Å². The summed E-state index contributed by atoms with van der Waals surface area (Å²) in [6, 6.07) is 3.79. The van der Waals surface area contributed by atoms with E-state index in [4.69, 9.17) is 12.2 Å². The molecule has 0 spiro atoms. The number of aromatic nitrogens is 3. The number of nitrogens with one attached hydrogen (secondary N) is 1. The van der Waals surface area contributed by atoms with Gasteiger partial charge in [0.25, 0.3) is 0 Å². The molecule has 1 N–H and O–H groups in total. The molecule has 2 rings (SSSR count). The predicted molar refractivity (Wildman–Crippen MR) is 52.7 cm³/mol. The van der Waals surface area contributed by atoms with E-state index >= 15 is 0 Å². The van der Waals surface area contributed by atoms with Crippen molar-refractivity contribution in [3.8, 4) is 11.3 Å². The first kappa shape index (κ1) is 8.07. The molecular weight excluding hydrogens is 182 g/mol. The van der Waals surface area contributed by atoms with Gasteiger partial charge >= 0.3 is 0 Å². The van der Waals surface area contributed by atoms with Crippen LogP contribution in [0.5, 0.6) is 0 Å². The van der Waals surface area contributed by atoms with Crippen molar-refractivity contribution in [1.29, 1.82) is 0 Å². The largest absolute Gasteiger partial charge is 0.350 e. The van der Waals surface area contributed by atoms with Crippen LogP contribution in [0.2, 0.25) is 0 Å². The van der Waals surface area contributed by atoms with Gasteiger partial charge in [-0.05, 0) is 12.1 Å². The van der Waals surface area contributed by atoms with E-state index in [0.29, 0.717) is 4.64 Å². The lowest BCUT2D eigenvalue weighted by molar-refractivity contribution is 1.18. The fourth-order valence-electron chi connectivity index (χ4n) is 1.06. The number of rotatable bonds is 1. The first-order valence-electron chi connectivity index (χ1n) is 3.82. The number of hydrogen-bond donors (Lipinski definition) is 1. The van der Waals surface area contributed by atoms with Gasteiger partial charge in [-0.1, -0.05) is 12.2 Å². The lowest BCUT2D eigenvalue weighted by Crippen LogP contribution is -1.86. The van der Waals surface area contributed by atoms with E-state index in [9.17, 15) is 0 Å². The molecule has 0 bridgehead atoms. The van der Waals surface area contributed by atoms with Crippen LogP contribution in [-0.2, 0) is 0 Å². The standard InChI is InChI=1S/C9H7N3S/c13-9-8(11-4-5-12-9)7-2-1-3-10-6-7/h1-6H,(H,12,13). The zero-order chi connectivity index (χ0) is 9.10. The molecule has 0 aliphatic heterocycles. The van der Waals surface area contributed by atoms with Crippen LogP contribution in [0.3, 0.4) is 0 Å². The van der Waals surface area contributed by atoms with Crippen molar-refractivity contribution in [2.24, 2.45) is 0 Å². The zero-order valence-electron chi connectivity index (χ0n) is 6.77. The van der Waals surface area contributed by atoms with E-state index in [1.54, 1.807) is 24.8 Å². The highest BCUT2D eigenvalue weighted by Gasteiger charge is 1.99. The van der Waals surface area contributed by atoms with Crippen molar-refractivity contribution >= 4 is 12.2 Å². The highest BCUT2D eigenvalue weighted by Crippen LogP contribution is 2.14. The fourth-order valence-corrected chi connectivity index (χ4v) is 1.30. The summed E-state index contributed by atoms with van der Waals surface area (Å²) >= 11 is 5.09. The van der Waals surface area contributed by atoms with Crippen molar-refractivity contribution in [3.05, 3.63) is 41.6 Å². The minimum absolute atomic E-state index is 0.635. The van der Waals surface area contributed by atoms with Crippen molar-refractivity contribution in [3.63, 3.8) is 0 Å². The van der Waals surface area contributed by atoms with Crippen LogP contribution in [0, 0.1) is 4.64 Å². The van der Waals surface area contributed by atoms with Crippen LogP contribution in [0.15, 0.2) is 36.9 Å². The predicted octanol–water partition coefficient (Wildman–Crippen LogP) is 2.20. The highest BCUT2D eigenvalue weighted by atomic mass is 32.1. The Labute approximate surface area is 80.5 Å². The summed E-state index contributed by atoms with van der Waals surface area (Å²) in [4.78, 5) is 11.1. The third kappa shape index (κ3) is 1.62. The number of H-pyrrole nitrogens is 1. The van der Waals surface area contributed by atoms with Gasteiger partial charge < -0.3 is 4.98 Å². The van der Waals surface area contributed by atoms with Gasteiger partial charge in [-0.25, -0.2) is 0 Å². The maximum Gasteiger partial charge on any atom is 0.129 e. The molecule has 0 aliphatic carbocycles. The Morgan fingerprint density at radius 1 is 1.31 bits per heavy atom. The van der Waals surface area contributed by atoms with Gasteiger partial charge in [0.2, 0.25) is 0 Å². The lowest BCUT2D eigenvalue weighted by atomic mass is 10.2. The molecule has 13 heavy (non-hydrogen) atoms. The van der Waals surface area contributed by atoms with Crippen molar-refractivity contribution in [1.82, 2.24) is 15.0 Å². The molecule has 0 saturated heterocycles. The van der Waals surface area contributed by atoms with Gasteiger partial charge in [0.15, 0.2) is 0 Å². The molecule has 0 amide bonds. The first-order valence-corrected chi connectivity index (χ1v) is 4.23. The number of nitrogens with zero attached hydrogens (tertiary/aromatic N) is 2. The summed E-state index contributed by atoms with van der Waals surface area (Å²) < 4.78 is 0.635. The summed E-state index contributed by atoms with van der Waals surface area (Å²) in [6.45, 7) is 0. The molecule has 2 heterocycles. The topological polar surface area (TPSA) is 41.6 Å². The minimum atomic E-state index is 0.635. The van der Waals surface area contributed by atoms with Crippen molar-refractivity contribution in [2.75, 3.05) is 0 Å². The Morgan fingerprint density at radius 3 is 2.92 bits per heavy atom. The zero-order valence-corrected chi connectivity index (χ0v) is 7.58. The van der Waals surface area contributed by atoms with E-state index in [2.05, 4.69) is 15.0 Å². The number of aromatic amines is 1. The van der Waals surface area contributed by atoms with Crippen LogP contribution < -0.4 is 0 Å². The molecule has 4 heteroatoms. The Kier molecular flexibility index (Phi) is 2.14. The Hall–Kier alpha value is -1.55. The molecule has 0 fully saturated rings. The molecule has 0 unspecified atom stereocenters. The third-order valence-electron chi connectivity index (χ3n) is 1.64. The van der Waals surface area contributed by atoms with Gasteiger partial charge in [0.1, 0.15) is 10.3 Å². The molecule has 2 aromatic rings. The van der Waals surface area contributed by atoms with Crippen LogP contribution in [0.1, 0.15) is 0 Å². The second-order valence-electron chi connectivity index (χ2n) is 2.51. The molecule has 0 saturated carbocycles. The molecule has 0 atom stereocenters. The summed E-state index contributed by atoms with van der Waals surface area (Å²) in [5, 5.41) is 0. The molecule has 2 aromatic heterocycles. The molecule has 0 radical (unpaired) electrons. The summed E-state index contributed by atoms with van der Waals surface area (Å²) in [5.41, 5.74) is 1.70. The fraction of sp³-hybridized carbons (Fsp3) is 0. The van der Waals surface area contributed by atoms with Gasteiger partial charge in [-0.15, -0.1) is 0 Å². The van der Waals surface area contributed by atoms with Crippen molar-refractivity contribution < 1.29 is 0 Å². The number of pyridine rings is 1. The lowest BCUT2D eigenvalue weighted by Gasteiger charge is -1.97. The van der Waals surface area contributed by atoms with Crippen LogP contribution in [0.25, 0.3) is 11.3 Å². The molecular formula is C9H7N3S. The quantitative estimate of drug-likeness (QED) is 0.699. The monoisotopic (exact) mass is 189 g/mol. The SMILES string of the molecule is S=c1[nH]ccnc1-c1cccnc1. The van der Waals surface area contributed by atoms with Crippen LogP contribution in [-0.4, -0.2) is 15.0 Å². The number of hydrogen-bond acceptors (Lipinski definition) is 3. The highest BCUT2D eigenvalue weighted by molar-refractivity contribution is 7.71. The van der Waals surface area contributed by atoms with E-state index in [0.717, 1.165) is 11.3 Å². The average Bonchev–Trinajstić information content (AvgIpc) is 2.20. The maximum atomic E-state index is 5.09. The van der Waals surface area contributed by atoms with Gasteiger partial charge in [0, 0.05) is 30.4 Å². The second-order valence-corrected chi connectivity index (χ2v) is 2.92. The maximum absolute atomic E-state index is 5.09. The van der Waals surface area contributed by atoms with Crippen LogP contribution in [0.4, 0.5) is 0 Å². The normalized spacial score (nSPS) is 9.85. The van der Waals surface area contributed by atoms with Gasteiger partial charge in [-0.2, -0.15) is 0 Å². The minimum Gasteiger partial charge on any atom is -0.350 e. The first-order chi connectivity index (χ1) is 6.38. The molecule has 3 nitrogen and oxygen atoms in total. The second kappa shape index (κ2) is 3.45. The van der Waals surface area contributed by atoms with E-state index in [1.165, 1.54) is 0 Å². The summed E-state index contributed by atoms with van der Waals surface area (Å²) in [6.07, 6.45) is 6.85. The van der Waals surface area contributed by atoms with E-state index < -0.39 is 0 Å². The summed E-state index contributed by atoms with van der Waals surface area (Å²) in [5.74, 6) is 0. The average molecular weight is 189 g/mol. The Bertz CT molecular complexity index is 450. The Morgan fingerprint density at radius 2 is 2.23 bits per heavy atom.